The van der Waals surface area contributed by atoms with Crippen molar-refractivity contribution >= 4 is 27.8 Å². The van der Waals surface area contributed by atoms with Crippen LogP contribution in [0.5, 0.6) is 0 Å². The van der Waals surface area contributed by atoms with Crippen LogP contribution < -0.4 is 5.43 Å². The summed E-state index contributed by atoms with van der Waals surface area (Å²) < 4.78 is 7.23. The molecule has 5 nitrogen and oxygen atoms in total. The van der Waals surface area contributed by atoms with Gasteiger partial charge < -0.3 is 14.4 Å². The summed E-state index contributed by atoms with van der Waals surface area (Å²) in [7, 11) is 0. The molecule has 5 heteroatoms. The highest BCUT2D eigenvalue weighted by Crippen LogP contribution is 2.22. The van der Waals surface area contributed by atoms with Gasteiger partial charge in [-0.2, -0.15) is 0 Å². The van der Waals surface area contributed by atoms with E-state index in [0.29, 0.717) is 17.2 Å². The topological polar surface area (TPSA) is 68.5 Å². The number of aliphatic hydroxyl groups excluding tert-OH is 1. The van der Waals surface area contributed by atoms with Crippen molar-refractivity contribution in [1.29, 1.82) is 0 Å². The normalized spacial score (nSPS) is 13.0. The van der Waals surface area contributed by atoms with Crippen LogP contribution >= 0.6 is 0 Å². The summed E-state index contributed by atoms with van der Waals surface area (Å²) in [5, 5.41) is 11.7. The van der Waals surface area contributed by atoms with E-state index in [1.807, 2.05) is 61.7 Å². The van der Waals surface area contributed by atoms with Gasteiger partial charge in [0, 0.05) is 10.8 Å². The number of aromatic nitrogens is 1. The number of carbonyl (C=O) groups excluding carboxylic acids is 1. The molecule has 1 N–H and O–H groups in total. The fourth-order valence-corrected chi connectivity index (χ4v) is 3.05. The maximum atomic E-state index is 12.7. The third-order valence-electron chi connectivity index (χ3n) is 5.12. The number of pyridine rings is 1. The third-order valence-corrected chi connectivity index (χ3v) is 5.12. The molecule has 0 aliphatic rings. The zero-order valence-electron chi connectivity index (χ0n) is 15.9. The number of nitrogens with zero attached hydrogens (tertiary/aromatic N) is 1. The largest absolute Gasteiger partial charge is 0.462 e. The number of carbonyl (C=O) groups is 1. The van der Waals surface area contributed by atoms with E-state index in [4.69, 9.17) is 4.74 Å². The molecule has 1 atom stereocenters. The minimum atomic E-state index is -0.879. The van der Waals surface area contributed by atoms with Gasteiger partial charge in [-0.05, 0) is 44.5 Å². The Balaban J connectivity index is 1.93. The van der Waals surface area contributed by atoms with Crippen molar-refractivity contribution in [2.75, 3.05) is 6.61 Å². The molecule has 1 heterocycles. The summed E-state index contributed by atoms with van der Waals surface area (Å²) in [6.45, 7) is 5.71. The van der Waals surface area contributed by atoms with Gasteiger partial charge in [0.25, 0.3) is 0 Å². The van der Waals surface area contributed by atoms with Crippen molar-refractivity contribution in [3.05, 3.63) is 58.8 Å². The molecule has 1 unspecified atom stereocenters. The van der Waals surface area contributed by atoms with Gasteiger partial charge in [0.2, 0.25) is 0 Å². The average Bonchev–Trinajstić information content (AvgIpc) is 2.69. The van der Waals surface area contributed by atoms with Gasteiger partial charge in [-0.1, -0.05) is 31.2 Å². The molecule has 0 aliphatic carbocycles. The molecule has 142 valence electrons. The van der Waals surface area contributed by atoms with Gasteiger partial charge >= 0.3 is 5.97 Å². The summed E-state index contributed by atoms with van der Waals surface area (Å²) in [4.78, 5) is 24.9. The van der Waals surface area contributed by atoms with Gasteiger partial charge in [-0.25, -0.2) is 0 Å². The Hall–Kier alpha value is -2.66. The molecule has 0 radical (unpaired) electrons. The minimum absolute atomic E-state index is 0.0249. The number of para-hydroxylation sites is 2. The van der Waals surface area contributed by atoms with Crippen LogP contribution in [0.3, 0.4) is 0 Å². The molecular formula is C22H25NO4. The predicted octanol–water partition coefficient (Wildman–Crippen LogP) is 3.50. The first kappa shape index (κ1) is 19.1. The Morgan fingerprint density at radius 1 is 1.07 bits per heavy atom. The smallest absolute Gasteiger partial charge is 0.311 e. The van der Waals surface area contributed by atoms with Gasteiger partial charge in [-0.3, -0.25) is 9.59 Å². The lowest BCUT2D eigenvalue weighted by Gasteiger charge is -2.22. The van der Waals surface area contributed by atoms with Gasteiger partial charge in [0.05, 0.1) is 23.0 Å². The average molecular weight is 367 g/mol. The summed E-state index contributed by atoms with van der Waals surface area (Å²) >= 11 is 0. The maximum absolute atomic E-state index is 12.7. The van der Waals surface area contributed by atoms with Crippen molar-refractivity contribution in [1.82, 2.24) is 4.57 Å². The molecule has 0 bridgehead atoms. The predicted molar refractivity (Wildman–Crippen MR) is 107 cm³/mol. The van der Waals surface area contributed by atoms with E-state index in [9.17, 15) is 14.7 Å². The number of hydrogen-bond donors (Lipinski definition) is 1. The standard InChI is InChI=1S/C22H25NO4/c1-4-22(2,3)21(26)27-14-15(24)13-23-18-11-7-5-9-16(18)20(25)17-10-6-8-12-19(17)23/h5-12,15,24H,4,13-14H2,1-3H3. The number of fused-ring (bicyclic) bond motifs is 2. The summed E-state index contributed by atoms with van der Waals surface area (Å²) in [5.41, 5.74) is 0.903. The number of hydrogen-bond acceptors (Lipinski definition) is 4. The lowest BCUT2D eigenvalue weighted by molar-refractivity contribution is -0.157. The van der Waals surface area contributed by atoms with Crippen molar-refractivity contribution in [2.24, 2.45) is 5.41 Å². The Kier molecular flexibility index (Phi) is 5.33. The van der Waals surface area contributed by atoms with Gasteiger partial charge in [0.1, 0.15) is 12.7 Å². The zero-order valence-corrected chi connectivity index (χ0v) is 15.9. The van der Waals surface area contributed by atoms with E-state index in [-0.39, 0.29) is 24.5 Å². The number of benzene rings is 2. The highest BCUT2D eigenvalue weighted by molar-refractivity contribution is 5.93. The second-order valence-electron chi connectivity index (χ2n) is 7.46. The molecule has 0 fully saturated rings. The lowest BCUT2D eigenvalue weighted by atomic mass is 9.91. The Bertz CT molecular complexity index is 975. The van der Waals surface area contributed by atoms with Crippen LogP contribution in [0.2, 0.25) is 0 Å². The molecule has 2 aromatic carbocycles. The van der Waals surface area contributed by atoms with Crippen LogP contribution in [0, 0.1) is 5.41 Å². The molecule has 27 heavy (non-hydrogen) atoms. The SMILES string of the molecule is CCC(C)(C)C(=O)OCC(O)Cn1c2ccccc2c(=O)c2ccccc21. The summed E-state index contributed by atoms with van der Waals surface area (Å²) in [6.07, 6.45) is -0.215. The fraction of sp³-hybridized carbons (Fsp3) is 0.364. The Morgan fingerprint density at radius 2 is 1.59 bits per heavy atom. The number of aliphatic hydroxyl groups is 1. The number of ether oxygens (including phenoxy) is 1. The monoisotopic (exact) mass is 367 g/mol. The first-order chi connectivity index (χ1) is 12.8. The Morgan fingerprint density at radius 3 is 2.11 bits per heavy atom. The highest BCUT2D eigenvalue weighted by Gasteiger charge is 2.27. The van der Waals surface area contributed by atoms with Crippen molar-refractivity contribution < 1.29 is 14.6 Å². The molecule has 3 aromatic rings. The van der Waals surface area contributed by atoms with Crippen LogP contribution in [-0.4, -0.2) is 28.4 Å². The lowest BCUT2D eigenvalue weighted by Crippen LogP contribution is -2.31. The first-order valence-electron chi connectivity index (χ1n) is 9.20. The van der Waals surface area contributed by atoms with Crippen LogP contribution in [0.25, 0.3) is 21.8 Å². The molecule has 0 saturated carbocycles. The van der Waals surface area contributed by atoms with Crippen LogP contribution in [0.4, 0.5) is 0 Å². The molecule has 0 aliphatic heterocycles. The number of rotatable bonds is 6. The summed E-state index contributed by atoms with van der Waals surface area (Å²) in [6, 6.07) is 14.7. The van der Waals surface area contributed by atoms with Crippen molar-refractivity contribution in [3.63, 3.8) is 0 Å². The fourth-order valence-electron chi connectivity index (χ4n) is 3.05. The van der Waals surface area contributed by atoms with Crippen LogP contribution in [0.15, 0.2) is 53.3 Å². The van der Waals surface area contributed by atoms with E-state index in [1.54, 1.807) is 12.1 Å². The van der Waals surface area contributed by atoms with Crippen molar-refractivity contribution in [3.8, 4) is 0 Å². The van der Waals surface area contributed by atoms with E-state index in [2.05, 4.69) is 0 Å². The van der Waals surface area contributed by atoms with Crippen molar-refractivity contribution in [2.45, 2.75) is 39.8 Å². The van der Waals surface area contributed by atoms with Gasteiger partial charge in [0.15, 0.2) is 5.43 Å². The quantitative estimate of drug-likeness (QED) is 0.535. The van der Waals surface area contributed by atoms with E-state index >= 15 is 0 Å². The minimum Gasteiger partial charge on any atom is -0.462 e. The maximum Gasteiger partial charge on any atom is 0.311 e. The Labute approximate surface area is 158 Å². The van der Waals surface area contributed by atoms with E-state index in [1.165, 1.54) is 0 Å². The molecule has 1 aromatic heterocycles. The van der Waals surface area contributed by atoms with E-state index in [0.717, 1.165) is 11.0 Å². The molecular weight excluding hydrogens is 342 g/mol. The van der Waals surface area contributed by atoms with E-state index < -0.39 is 11.5 Å². The van der Waals surface area contributed by atoms with Crippen LogP contribution in [0.1, 0.15) is 27.2 Å². The number of esters is 1. The molecule has 3 rings (SSSR count). The second-order valence-corrected chi connectivity index (χ2v) is 7.46. The highest BCUT2D eigenvalue weighted by atomic mass is 16.5. The van der Waals surface area contributed by atoms with Crippen LogP contribution in [-0.2, 0) is 16.1 Å². The molecule has 0 saturated heterocycles. The van der Waals surface area contributed by atoms with Gasteiger partial charge in [-0.15, -0.1) is 0 Å². The zero-order chi connectivity index (χ0) is 19.6. The molecule has 0 amide bonds. The molecule has 0 spiro atoms. The third kappa shape index (κ3) is 3.74. The first-order valence-corrected chi connectivity index (χ1v) is 9.20. The second kappa shape index (κ2) is 7.53. The summed E-state index contributed by atoms with van der Waals surface area (Å²) in [5.74, 6) is -0.321.